The molecule has 2 aromatic carbocycles. The van der Waals surface area contributed by atoms with Gasteiger partial charge in [0.1, 0.15) is 11.6 Å². The molecule has 0 fully saturated rings. The number of hydrogen-bond acceptors (Lipinski definition) is 5. The smallest absolute Gasteiger partial charge is 0.226 e. The third-order valence-corrected chi connectivity index (χ3v) is 5.46. The normalized spacial score (nSPS) is 10.7. The van der Waals surface area contributed by atoms with Gasteiger partial charge < -0.3 is 5.32 Å². The summed E-state index contributed by atoms with van der Waals surface area (Å²) >= 11 is 2.54. The molecule has 0 atom stereocenters. The van der Waals surface area contributed by atoms with Crippen LogP contribution < -0.4 is 5.32 Å². The van der Waals surface area contributed by atoms with Crippen molar-refractivity contribution < 1.29 is 13.6 Å². The molecule has 0 saturated carbocycles. The summed E-state index contributed by atoms with van der Waals surface area (Å²) in [5, 5.41) is 11.0. The molecule has 0 aliphatic heterocycles. The van der Waals surface area contributed by atoms with Crippen LogP contribution in [-0.4, -0.2) is 16.1 Å². The number of thioether (sulfide) groups is 1. The first kappa shape index (κ1) is 18.5. The lowest BCUT2D eigenvalue weighted by Crippen LogP contribution is -2.12. The van der Waals surface area contributed by atoms with Crippen LogP contribution >= 0.6 is 23.1 Å². The van der Waals surface area contributed by atoms with Crippen molar-refractivity contribution in [1.29, 1.82) is 0 Å². The van der Waals surface area contributed by atoms with E-state index in [1.54, 1.807) is 0 Å². The minimum atomic E-state index is -0.607. The monoisotopic (exact) mass is 391 g/mol. The van der Waals surface area contributed by atoms with Gasteiger partial charge in [0.05, 0.1) is 0 Å². The van der Waals surface area contributed by atoms with Gasteiger partial charge in [-0.05, 0) is 29.7 Å². The van der Waals surface area contributed by atoms with Crippen LogP contribution in [0.3, 0.4) is 0 Å². The van der Waals surface area contributed by atoms with Crippen molar-refractivity contribution in [3.63, 3.8) is 0 Å². The molecule has 4 nitrogen and oxygen atoms in total. The first-order valence-corrected chi connectivity index (χ1v) is 9.64. The van der Waals surface area contributed by atoms with Gasteiger partial charge >= 0.3 is 0 Å². The van der Waals surface area contributed by atoms with E-state index in [1.807, 2.05) is 30.3 Å². The molecule has 1 N–H and O–H groups in total. The SMILES string of the molecule is O=C(CCc1ccccc1)Nc1nnc(SCc2cc(F)cc(F)c2)s1. The number of nitrogens with one attached hydrogen (secondary N) is 1. The van der Waals surface area contributed by atoms with Gasteiger partial charge in [0.2, 0.25) is 11.0 Å². The Hall–Kier alpha value is -2.32. The van der Waals surface area contributed by atoms with E-state index < -0.39 is 11.6 Å². The molecule has 0 radical (unpaired) electrons. The number of halogens is 2. The number of amides is 1. The number of anilines is 1. The van der Waals surface area contributed by atoms with Gasteiger partial charge in [-0.3, -0.25) is 4.79 Å². The summed E-state index contributed by atoms with van der Waals surface area (Å²) in [7, 11) is 0. The maximum atomic E-state index is 13.2. The zero-order valence-corrected chi connectivity index (χ0v) is 15.2. The van der Waals surface area contributed by atoms with Crippen LogP contribution in [-0.2, 0) is 17.0 Å². The highest BCUT2D eigenvalue weighted by atomic mass is 32.2. The highest BCUT2D eigenvalue weighted by Gasteiger charge is 2.10. The molecule has 26 heavy (non-hydrogen) atoms. The third kappa shape index (κ3) is 5.60. The number of benzene rings is 2. The molecular formula is C18H15F2N3OS2. The maximum absolute atomic E-state index is 13.2. The lowest BCUT2D eigenvalue weighted by molar-refractivity contribution is -0.116. The highest BCUT2D eigenvalue weighted by molar-refractivity contribution is 8.00. The predicted molar refractivity (Wildman–Crippen MR) is 99.2 cm³/mol. The van der Waals surface area contributed by atoms with Crippen molar-refractivity contribution in [3.8, 4) is 0 Å². The van der Waals surface area contributed by atoms with Crippen LogP contribution in [0.25, 0.3) is 0 Å². The first-order valence-electron chi connectivity index (χ1n) is 7.83. The average Bonchev–Trinajstić information content (AvgIpc) is 3.06. The summed E-state index contributed by atoms with van der Waals surface area (Å²) in [5.41, 5.74) is 1.62. The Morgan fingerprint density at radius 1 is 1.04 bits per heavy atom. The molecule has 3 rings (SSSR count). The fraction of sp³-hybridized carbons (Fsp3) is 0.167. The van der Waals surface area contributed by atoms with Crippen LogP contribution in [0.1, 0.15) is 17.5 Å². The zero-order valence-electron chi connectivity index (χ0n) is 13.6. The van der Waals surface area contributed by atoms with E-state index >= 15 is 0 Å². The van der Waals surface area contributed by atoms with Gasteiger partial charge in [0, 0.05) is 18.2 Å². The van der Waals surface area contributed by atoms with E-state index in [1.165, 1.54) is 35.2 Å². The van der Waals surface area contributed by atoms with Gasteiger partial charge in [0.15, 0.2) is 4.34 Å². The Labute approximate surface area is 157 Å². The largest absolute Gasteiger partial charge is 0.300 e. The molecule has 134 valence electrons. The lowest BCUT2D eigenvalue weighted by Gasteiger charge is -2.01. The Balaban J connectivity index is 1.48. The number of carbonyl (C=O) groups is 1. The Morgan fingerprint density at radius 2 is 1.77 bits per heavy atom. The van der Waals surface area contributed by atoms with Crippen molar-refractivity contribution in [2.24, 2.45) is 0 Å². The maximum Gasteiger partial charge on any atom is 0.226 e. The van der Waals surface area contributed by atoms with E-state index in [0.717, 1.165) is 11.6 Å². The molecule has 1 aromatic heterocycles. The van der Waals surface area contributed by atoms with Crippen molar-refractivity contribution in [1.82, 2.24) is 10.2 Å². The van der Waals surface area contributed by atoms with Crippen LogP contribution in [0.2, 0.25) is 0 Å². The molecule has 3 aromatic rings. The van der Waals surface area contributed by atoms with Crippen LogP contribution in [0, 0.1) is 11.6 Å². The molecule has 8 heteroatoms. The quantitative estimate of drug-likeness (QED) is 0.469. The van der Waals surface area contributed by atoms with E-state index in [0.29, 0.717) is 33.6 Å². The van der Waals surface area contributed by atoms with Crippen molar-refractivity contribution in [3.05, 3.63) is 71.3 Å². The molecule has 1 amide bonds. The second-order valence-electron chi connectivity index (χ2n) is 5.47. The Morgan fingerprint density at radius 3 is 2.50 bits per heavy atom. The minimum absolute atomic E-state index is 0.131. The summed E-state index contributed by atoms with van der Waals surface area (Å²) in [6.07, 6.45) is 1.01. The van der Waals surface area contributed by atoms with E-state index in [9.17, 15) is 13.6 Å². The zero-order chi connectivity index (χ0) is 18.4. The van der Waals surface area contributed by atoms with Gasteiger partial charge in [-0.1, -0.05) is 53.4 Å². The molecule has 0 spiro atoms. The average molecular weight is 391 g/mol. The molecule has 0 aliphatic carbocycles. The number of rotatable bonds is 7. The standard InChI is InChI=1S/C18H15F2N3OS2/c19-14-8-13(9-15(20)10-14)11-25-18-23-22-17(26-18)21-16(24)7-6-12-4-2-1-3-5-12/h1-5,8-10H,6-7,11H2,(H,21,22,24). The summed E-state index contributed by atoms with van der Waals surface area (Å²) in [6.45, 7) is 0. The fourth-order valence-electron chi connectivity index (χ4n) is 2.24. The number of carbonyl (C=O) groups excluding carboxylic acids is 1. The van der Waals surface area contributed by atoms with Gasteiger partial charge in [-0.2, -0.15) is 0 Å². The first-order chi connectivity index (χ1) is 12.6. The fourth-order valence-corrected chi connectivity index (χ4v) is 3.94. The number of hydrogen-bond donors (Lipinski definition) is 1. The van der Waals surface area contributed by atoms with Crippen LogP contribution in [0.4, 0.5) is 13.9 Å². The van der Waals surface area contributed by atoms with Crippen LogP contribution in [0.15, 0.2) is 52.9 Å². The van der Waals surface area contributed by atoms with Gasteiger partial charge in [-0.15, -0.1) is 10.2 Å². The van der Waals surface area contributed by atoms with Gasteiger partial charge in [-0.25, -0.2) is 8.78 Å². The van der Waals surface area contributed by atoms with Crippen molar-refractivity contribution in [2.45, 2.75) is 22.9 Å². The Kier molecular flexibility index (Phi) is 6.30. The van der Waals surface area contributed by atoms with Gasteiger partial charge in [0.25, 0.3) is 0 Å². The van der Waals surface area contributed by atoms with Crippen LogP contribution in [0.5, 0.6) is 0 Å². The molecule has 1 heterocycles. The summed E-state index contributed by atoms with van der Waals surface area (Å²) in [5.74, 6) is -0.979. The topological polar surface area (TPSA) is 54.9 Å². The van der Waals surface area contributed by atoms with E-state index in [2.05, 4.69) is 15.5 Å². The van der Waals surface area contributed by atoms with E-state index in [4.69, 9.17) is 0 Å². The highest BCUT2D eigenvalue weighted by Crippen LogP contribution is 2.28. The lowest BCUT2D eigenvalue weighted by atomic mass is 10.1. The third-order valence-electron chi connectivity index (χ3n) is 3.42. The molecule has 0 bridgehead atoms. The summed E-state index contributed by atoms with van der Waals surface area (Å²) < 4.78 is 27.0. The molecular weight excluding hydrogens is 376 g/mol. The summed E-state index contributed by atoms with van der Waals surface area (Å²) in [4.78, 5) is 12.0. The minimum Gasteiger partial charge on any atom is -0.300 e. The second-order valence-corrected chi connectivity index (χ2v) is 7.67. The number of aromatic nitrogens is 2. The number of aryl methyl sites for hydroxylation is 1. The second kappa shape index (κ2) is 8.86. The van der Waals surface area contributed by atoms with Crippen molar-refractivity contribution in [2.75, 3.05) is 5.32 Å². The summed E-state index contributed by atoms with van der Waals surface area (Å²) in [6, 6.07) is 13.2. The van der Waals surface area contributed by atoms with Crippen molar-refractivity contribution >= 4 is 34.1 Å². The number of nitrogens with zero attached hydrogens (tertiary/aromatic N) is 2. The molecule has 0 saturated heterocycles. The Bertz CT molecular complexity index is 867. The van der Waals surface area contributed by atoms with E-state index in [-0.39, 0.29) is 5.91 Å². The molecule has 0 unspecified atom stereocenters. The molecule has 0 aliphatic rings. The predicted octanol–water partition coefficient (Wildman–Crippen LogP) is 4.68.